The van der Waals surface area contributed by atoms with Crippen LogP contribution in [0.3, 0.4) is 0 Å². The Morgan fingerprint density at radius 3 is 2.83 bits per heavy atom. The second-order valence-electron chi connectivity index (χ2n) is 3.61. The molecule has 0 amide bonds. The lowest BCUT2D eigenvalue weighted by Crippen LogP contribution is -2.17. The third kappa shape index (κ3) is 1.38. The molecule has 0 saturated heterocycles. The Kier molecular flexibility index (Phi) is 2.14. The molecule has 1 aliphatic heterocycles. The quantitative estimate of drug-likeness (QED) is 0.587. The minimum atomic E-state index is 0.778. The normalized spacial score (nSPS) is 28.2. The van der Waals surface area contributed by atoms with Crippen LogP contribution in [0.25, 0.3) is 0 Å². The van der Waals surface area contributed by atoms with Crippen molar-refractivity contribution in [3.8, 4) is 0 Å². The van der Waals surface area contributed by atoms with Crippen LogP contribution in [0.1, 0.15) is 19.4 Å². The van der Waals surface area contributed by atoms with Crippen LogP contribution in [-0.4, -0.2) is 5.25 Å². The zero-order valence-corrected chi connectivity index (χ0v) is 8.40. The molecule has 0 N–H and O–H groups in total. The van der Waals surface area contributed by atoms with Gasteiger partial charge in [-0.05, 0) is 24.0 Å². The van der Waals surface area contributed by atoms with E-state index >= 15 is 0 Å². The average molecular weight is 178 g/mol. The van der Waals surface area contributed by atoms with Gasteiger partial charge in [-0.1, -0.05) is 32.0 Å². The molecule has 1 heteroatoms. The Morgan fingerprint density at radius 2 is 2.00 bits per heavy atom. The van der Waals surface area contributed by atoms with Crippen LogP contribution in [0.15, 0.2) is 29.2 Å². The smallest absolute Gasteiger partial charge is 0.0107 e. The summed E-state index contributed by atoms with van der Waals surface area (Å²) in [7, 11) is 0. The molecule has 0 bridgehead atoms. The first-order valence-corrected chi connectivity index (χ1v) is 5.40. The second kappa shape index (κ2) is 3.14. The average Bonchev–Trinajstić information content (AvgIpc) is 2.07. The molecule has 0 unspecified atom stereocenters. The van der Waals surface area contributed by atoms with Crippen LogP contribution < -0.4 is 0 Å². The maximum Gasteiger partial charge on any atom is 0.0107 e. The molecule has 1 heterocycles. The number of hydrogen-bond donors (Lipinski definition) is 0. The van der Waals surface area contributed by atoms with E-state index < -0.39 is 0 Å². The minimum absolute atomic E-state index is 0.778. The highest BCUT2D eigenvalue weighted by Gasteiger charge is 2.21. The predicted octanol–water partition coefficient (Wildman–Crippen LogP) is 3.36. The Balaban J connectivity index is 2.34. The number of rotatable bonds is 0. The van der Waals surface area contributed by atoms with E-state index in [1.165, 1.54) is 16.9 Å². The molecule has 0 saturated carbocycles. The van der Waals surface area contributed by atoms with Crippen molar-refractivity contribution >= 4 is 11.8 Å². The van der Waals surface area contributed by atoms with Crippen molar-refractivity contribution in [1.29, 1.82) is 0 Å². The number of fused-ring (bicyclic) bond motifs is 1. The third-order valence-electron chi connectivity index (χ3n) is 2.63. The molecule has 1 aromatic carbocycles. The van der Waals surface area contributed by atoms with Gasteiger partial charge < -0.3 is 0 Å². The largest absolute Gasteiger partial charge is 0.122 e. The molecule has 0 fully saturated rings. The van der Waals surface area contributed by atoms with Gasteiger partial charge in [-0.3, -0.25) is 0 Å². The zero-order chi connectivity index (χ0) is 8.55. The number of thioether (sulfide) groups is 1. The molecule has 2 atom stereocenters. The Bertz CT molecular complexity index is 251. The molecule has 0 spiro atoms. The van der Waals surface area contributed by atoms with E-state index in [2.05, 4.69) is 38.1 Å². The maximum absolute atomic E-state index is 2.34. The third-order valence-corrected chi connectivity index (χ3v) is 4.12. The summed E-state index contributed by atoms with van der Waals surface area (Å²) in [6.07, 6.45) is 1.25. The zero-order valence-electron chi connectivity index (χ0n) is 7.58. The van der Waals surface area contributed by atoms with Crippen molar-refractivity contribution in [2.75, 3.05) is 0 Å². The standard InChI is InChI=1S/C11H14S/c1-8-7-10-5-3-4-6-11(10)12-9(8)2/h3-6,8-9H,7H2,1-2H3/t8-,9+/m1/s1. The highest BCUT2D eigenvalue weighted by molar-refractivity contribution is 8.00. The first-order chi connectivity index (χ1) is 5.77. The van der Waals surface area contributed by atoms with E-state index in [1.807, 2.05) is 11.8 Å². The van der Waals surface area contributed by atoms with Crippen LogP contribution in [0.2, 0.25) is 0 Å². The first kappa shape index (κ1) is 8.18. The monoisotopic (exact) mass is 178 g/mol. The number of hydrogen-bond acceptors (Lipinski definition) is 1. The van der Waals surface area contributed by atoms with E-state index in [0.717, 1.165) is 11.2 Å². The van der Waals surface area contributed by atoms with Gasteiger partial charge in [-0.25, -0.2) is 0 Å². The topological polar surface area (TPSA) is 0 Å². The lowest BCUT2D eigenvalue weighted by atomic mass is 9.98. The molecule has 0 aliphatic carbocycles. The van der Waals surface area contributed by atoms with Crippen LogP contribution >= 0.6 is 11.8 Å². The van der Waals surface area contributed by atoms with Crippen LogP contribution in [-0.2, 0) is 6.42 Å². The van der Waals surface area contributed by atoms with Gasteiger partial charge in [-0.15, -0.1) is 11.8 Å². The maximum atomic E-state index is 2.34. The lowest BCUT2D eigenvalue weighted by molar-refractivity contribution is 0.559. The Morgan fingerprint density at radius 1 is 1.25 bits per heavy atom. The van der Waals surface area contributed by atoms with Crippen molar-refractivity contribution in [3.63, 3.8) is 0 Å². The van der Waals surface area contributed by atoms with Crippen molar-refractivity contribution in [1.82, 2.24) is 0 Å². The van der Waals surface area contributed by atoms with Gasteiger partial charge in [0, 0.05) is 10.1 Å². The summed E-state index contributed by atoms with van der Waals surface area (Å²) in [5.74, 6) is 0.824. The summed E-state index contributed by atoms with van der Waals surface area (Å²) >= 11 is 2.02. The molecular formula is C11H14S. The molecule has 12 heavy (non-hydrogen) atoms. The van der Waals surface area contributed by atoms with E-state index in [-0.39, 0.29) is 0 Å². The molecule has 0 radical (unpaired) electrons. The first-order valence-electron chi connectivity index (χ1n) is 4.52. The molecule has 2 rings (SSSR count). The molecule has 1 aliphatic rings. The lowest BCUT2D eigenvalue weighted by Gasteiger charge is -2.27. The van der Waals surface area contributed by atoms with E-state index in [1.54, 1.807) is 0 Å². The fraction of sp³-hybridized carbons (Fsp3) is 0.455. The van der Waals surface area contributed by atoms with Gasteiger partial charge in [0.1, 0.15) is 0 Å². The highest BCUT2D eigenvalue weighted by atomic mass is 32.2. The van der Waals surface area contributed by atoms with Crippen molar-refractivity contribution in [2.24, 2.45) is 5.92 Å². The van der Waals surface area contributed by atoms with E-state index in [4.69, 9.17) is 0 Å². The van der Waals surface area contributed by atoms with Gasteiger partial charge in [0.05, 0.1) is 0 Å². The summed E-state index contributed by atoms with van der Waals surface area (Å²) in [6.45, 7) is 4.67. The fourth-order valence-corrected chi connectivity index (χ4v) is 2.81. The fourth-order valence-electron chi connectivity index (χ4n) is 1.62. The summed E-state index contributed by atoms with van der Waals surface area (Å²) in [5.41, 5.74) is 1.54. The van der Waals surface area contributed by atoms with Crippen molar-refractivity contribution in [2.45, 2.75) is 30.4 Å². The van der Waals surface area contributed by atoms with Gasteiger partial charge in [0.25, 0.3) is 0 Å². The molecule has 0 aromatic heterocycles. The van der Waals surface area contributed by atoms with Gasteiger partial charge >= 0.3 is 0 Å². The van der Waals surface area contributed by atoms with E-state index in [9.17, 15) is 0 Å². The SMILES string of the molecule is C[C@@H]1Cc2ccccc2S[C@H]1C. The summed E-state index contributed by atoms with van der Waals surface area (Å²) in [5, 5.41) is 0.778. The van der Waals surface area contributed by atoms with Gasteiger partial charge in [-0.2, -0.15) is 0 Å². The Hall–Kier alpha value is -0.430. The van der Waals surface area contributed by atoms with Crippen LogP contribution in [0.5, 0.6) is 0 Å². The van der Waals surface area contributed by atoms with Crippen LogP contribution in [0.4, 0.5) is 0 Å². The van der Waals surface area contributed by atoms with Crippen molar-refractivity contribution < 1.29 is 0 Å². The van der Waals surface area contributed by atoms with Gasteiger partial charge in [0.2, 0.25) is 0 Å². The summed E-state index contributed by atoms with van der Waals surface area (Å²) in [6, 6.07) is 8.77. The molecular weight excluding hydrogens is 164 g/mol. The van der Waals surface area contributed by atoms with Crippen molar-refractivity contribution in [3.05, 3.63) is 29.8 Å². The predicted molar refractivity (Wildman–Crippen MR) is 54.6 cm³/mol. The number of benzene rings is 1. The van der Waals surface area contributed by atoms with E-state index in [0.29, 0.717) is 0 Å². The minimum Gasteiger partial charge on any atom is -0.122 e. The van der Waals surface area contributed by atoms with Gasteiger partial charge in [0.15, 0.2) is 0 Å². The molecule has 0 nitrogen and oxygen atoms in total. The van der Waals surface area contributed by atoms with Crippen LogP contribution in [0, 0.1) is 5.92 Å². The molecule has 1 aromatic rings. The molecule has 64 valence electrons. The summed E-state index contributed by atoms with van der Waals surface area (Å²) < 4.78 is 0. The Labute approximate surface area is 78.4 Å². The second-order valence-corrected chi connectivity index (χ2v) is 5.03. The highest BCUT2D eigenvalue weighted by Crippen LogP contribution is 2.37. The summed E-state index contributed by atoms with van der Waals surface area (Å²) in [4.78, 5) is 1.49.